The molecular weight excluding hydrogens is 1150 g/mol. The van der Waals surface area contributed by atoms with Crippen LogP contribution in [-0.4, -0.2) is 107 Å². The number of nitrogens with one attached hydrogen (secondary N) is 2. The van der Waals surface area contributed by atoms with Gasteiger partial charge in [0.25, 0.3) is 0 Å². The molecule has 4 fully saturated rings. The molecule has 6 aromatic carbocycles. The molecule has 81 heavy (non-hydrogen) atoms. The Morgan fingerprint density at radius 2 is 0.951 bits per heavy atom. The lowest BCUT2D eigenvalue weighted by Crippen LogP contribution is -2.48. The van der Waals surface area contributed by atoms with Gasteiger partial charge in [-0.1, -0.05) is 120 Å². The second kappa shape index (κ2) is 24.2. The van der Waals surface area contributed by atoms with Gasteiger partial charge in [-0.05, 0) is 135 Å². The van der Waals surface area contributed by atoms with Gasteiger partial charge in [0, 0.05) is 121 Å². The van der Waals surface area contributed by atoms with Crippen molar-refractivity contribution < 1.29 is 19.1 Å². The van der Waals surface area contributed by atoms with Crippen molar-refractivity contribution in [2.45, 2.75) is 124 Å². The van der Waals surface area contributed by atoms with Gasteiger partial charge in [-0.3, -0.25) is 29.4 Å². The standard InChI is InChI=1S/C31H31Cl3N4O3.C31H33Cl3N4O.CH4/c1-17(2)37-16-20-12-21(37)15-36(20)14-18-8-23(22-6-4-5-7-25(22)32)24-13-35-31(40)38(28(24)9-18)29-26(33)10-19(11-27(29)34)30(39)41-3;1-4-19-10-27(33)30(28(34)11-19)38-29-12-20(15-36-16-22-13-21(36)17-37(22)18(2)3)9-24(25(29)14-35-31(38)39)23-7-5-6-8-26(23)32;/h4-11,17,20-21H,12-16H2,1-3H3,(H,35,40);5-12,18,21-22H,4,13-17H2,1-3H3,(H,35,39);1H4. The number of anilines is 4. The first-order valence-electron chi connectivity index (χ1n) is 27.4. The predicted molar refractivity (Wildman–Crippen MR) is 332 cm³/mol. The number of likely N-dealkylation sites (tertiary alicyclic amines) is 4. The molecule has 0 saturated carbocycles. The molecule has 6 aliphatic heterocycles. The third kappa shape index (κ3) is 11.4. The van der Waals surface area contributed by atoms with Gasteiger partial charge in [0.2, 0.25) is 0 Å². The van der Waals surface area contributed by atoms with Gasteiger partial charge in [-0.2, -0.15) is 0 Å². The van der Waals surface area contributed by atoms with E-state index >= 15 is 0 Å². The molecule has 6 aliphatic rings. The second-order valence-corrected chi connectivity index (χ2v) is 24.7. The van der Waals surface area contributed by atoms with Crippen LogP contribution < -0.4 is 20.4 Å². The zero-order chi connectivity index (χ0) is 56.4. The van der Waals surface area contributed by atoms with Crippen molar-refractivity contribution in [1.82, 2.24) is 30.2 Å². The predicted octanol–water partition coefficient (Wildman–Crippen LogP) is 15.7. The Balaban J connectivity index is 0.000000180. The zero-order valence-electron chi connectivity index (χ0n) is 45.6. The van der Waals surface area contributed by atoms with Gasteiger partial charge in [-0.15, -0.1) is 0 Å². The highest BCUT2D eigenvalue weighted by molar-refractivity contribution is 6.42. The highest BCUT2D eigenvalue weighted by Gasteiger charge is 2.45. The fourth-order valence-corrected chi connectivity index (χ4v) is 14.9. The average Bonchev–Trinajstić information content (AvgIpc) is 4.37. The number of benzene rings is 6. The summed E-state index contributed by atoms with van der Waals surface area (Å²) in [5.41, 5.74) is 11.4. The maximum atomic E-state index is 13.5. The Morgan fingerprint density at radius 3 is 1.31 bits per heavy atom. The molecule has 4 bridgehead atoms. The summed E-state index contributed by atoms with van der Waals surface area (Å²) in [6.07, 6.45) is 3.19. The number of carbonyl (C=O) groups is 3. The summed E-state index contributed by atoms with van der Waals surface area (Å²) < 4.78 is 4.84. The van der Waals surface area contributed by atoms with Crippen LogP contribution in [0.5, 0.6) is 0 Å². The molecule has 426 valence electrons. The van der Waals surface area contributed by atoms with Crippen molar-refractivity contribution in [2.24, 2.45) is 0 Å². The quantitative estimate of drug-likeness (QED) is 0.117. The first-order chi connectivity index (χ1) is 38.4. The summed E-state index contributed by atoms with van der Waals surface area (Å²) in [4.78, 5) is 52.6. The first kappa shape index (κ1) is 59.1. The normalized spacial score (nSPS) is 20.5. The van der Waals surface area contributed by atoms with Crippen molar-refractivity contribution in [3.63, 3.8) is 0 Å². The van der Waals surface area contributed by atoms with Crippen LogP contribution in [-0.2, 0) is 37.3 Å². The number of rotatable bonds is 12. The fraction of sp³-hybridized carbons (Fsp3) is 0.381. The smallest absolute Gasteiger partial charge is 0.337 e. The van der Waals surface area contributed by atoms with E-state index in [1.165, 1.54) is 37.0 Å². The van der Waals surface area contributed by atoms with Crippen LogP contribution in [0, 0.1) is 0 Å². The van der Waals surface area contributed by atoms with Gasteiger partial charge in [0.1, 0.15) is 0 Å². The Morgan fingerprint density at radius 1 is 0.543 bits per heavy atom. The Hall–Kier alpha value is -5.09. The minimum absolute atomic E-state index is 0. The Bertz CT molecular complexity index is 3390. The van der Waals surface area contributed by atoms with Gasteiger partial charge in [-0.25, -0.2) is 14.4 Å². The number of fused-ring (bicyclic) bond motifs is 6. The van der Waals surface area contributed by atoms with Gasteiger partial charge < -0.3 is 15.4 Å². The number of esters is 1. The van der Waals surface area contributed by atoms with Crippen molar-refractivity contribution in [2.75, 3.05) is 43.1 Å². The molecule has 0 aromatic heterocycles. The number of piperazine rings is 2. The molecule has 4 atom stereocenters. The van der Waals surface area contributed by atoms with Gasteiger partial charge in [0.05, 0.1) is 55.5 Å². The Kier molecular flexibility index (Phi) is 17.7. The number of ether oxygens (including phenoxy) is 1. The molecule has 0 radical (unpaired) electrons. The molecule has 6 heterocycles. The van der Waals surface area contributed by atoms with Crippen molar-refractivity contribution >= 4 is 110 Å². The molecule has 12 rings (SSSR count). The largest absolute Gasteiger partial charge is 0.465 e. The molecule has 18 heteroatoms. The molecule has 4 saturated heterocycles. The van der Waals surface area contributed by atoms with Crippen molar-refractivity contribution in [3.8, 4) is 22.3 Å². The average molecular weight is 1210 g/mol. The molecule has 12 nitrogen and oxygen atoms in total. The highest BCUT2D eigenvalue weighted by Crippen LogP contribution is 2.48. The monoisotopic (exact) mass is 1210 g/mol. The molecule has 0 aliphatic carbocycles. The maximum absolute atomic E-state index is 13.5. The molecule has 4 unspecified atom stereocenters. The van der Waals surface area contributed by atoms with E-state index in [-0.39, 0.29) is 35.1 Å². The number of methoxy groups -OCH3 is 1. The van der Waals surface area contributed by atoms with E-state index in [1.54, 1.807) is 4.90 Å². The summed E-state index contributed by atoms with van der Waals surface area (Å²) >= 11 is 40.4. The van der Waals surface area contributed by atoms with E-state index in [1.807, 2.05) is 60.7 Å². The van der Waals surface area contributed by atoms with Gasteiger partial charge >= 0.3 is 18.0 Å². The topological polar surface area (TPSA) is 104 Å². The van der Waals surface area contributed by atoms with Crippen molar-refractivity contribution in [1.29, 1.82) is 0 Å². The summed E-state index contributed by atoms with van der Waals surface area (Å²) in [6.45, 7) is 17.7. The van der Waals surface area contributed by atoms with E-state index in [0.717, 1.165) is 101 Å². The van der Waals surface area contributed by atoms with Crippen LogP contribution in [0.15, 0.2) is 97.1 Å². The summed E-state index contributed by atoms with van der Waals surface area (Å²) in [7, 11) is 1.29. The van der Waals surface area contributed by atoms with Crippen LogP contribution in [0.2, 0.25) is 30.1 Å². The van der Waals surface area contributed by atoms with Crippen LogP contribution in [0.4, 0.5) is 32.3 Å². The number of amides is 4. The lowest BCUT2D eigenvalue weighted by Gasteiger charge is -2.37. The minimum atomic E-state index is -0.567. The molecule has 6 aromatic rings. The fourth-order valence-electron chi connectivity index (χ4n) is 13.1. The van der Waals surface area contributed by atoms with Crippen LogP contribution >= 0.6 is 69.6 Å². The number of halogens is 6. The molecule has 4 amide bonds. The third-order valence-corrected chi connectivity index (χ3v) is 18.7. The molecule has 2 N–H and O–H groups in total. The third-order valence-electron chi connectivity index (χ3n) is 16.9. The number of urea groups is 2. The lowest BCUT2D eigenvalue weighted by atomic mass is 9.93. The van der Waals surface area contributed by atoms with Crippen molar-refractivity contribution in [3.05, 3.63) is 161 Å². The number of hydrogen-bond donors (Lipinski definition) is 2. The van der Waals surface area contributed by atoms with E-state index in [4.69, 9.17) is 74.3 Å². The number of carbonyl (C=O) groups excluding carboxylic acids is 3. The van der Waals surface area contributed by atoms with Gasteiger partial charge in [0.15, 0.2) is 0 Å². The van der Waals surface area contributed by atoms with E-state index in [0.29, 0.717) is 86.5 Å². The van der Waals surface area contributed by atoms with E-state index < -0.39 is 5.97 Å². The van der Waals surface area contributed by atoms with E-state index in [9.17, 15) is 14.4 Å². The molecular formula is C63H68Cl6N8O4. The number of hydrogen-bond acceptors (Lipinski definition) is 8. The van der Waals surface area contributed by atoms with E-state index in [2.05, 4.69) is 89.1 Å². The Labute approximate surface area is 506 Å². The number of nitrogens with zero attached hydrogens (tertiary/aromatic N) is 6. The SMILES string of the molecule is C.CCc1cc(Cl)c(N2C(=O)NCc3c(-c4ccccc4Cl)cc(CN4CC5CC4CN5C(C)C)cc32)c(Cl)c1.COC(=O)c1cc(Cl)c(N2C(=O)NCc3c(-c4ccccc4Cl)cc(CN4CC5CC4CN5C(C)C)cc32)c(Cl)c1. The van der Waals surface area contributed by atoms with Crippen LogP contribution in [0.25, 0.3) is 22.3 Å². The second-order valence-electron chi connectivity index (χ2n) is 22.3. The summed E-state index contributed by atoms with van der Waals surface area (Å²) in [5.74, 6) is -0.567. The summed E-state index contributed by atoms with van der Waals surface area (Å²) in [6, 6.07) is 33.7. The molecule has 0 spiro atoms. The minimum Gasteiger partial charge on any atom is -0.465 e. The lowest BCUT2D eigenvalue weighted by molar-refractivity contribution is 0.0600. The summed E-state index contributed by atoms with van der Waals surface area (Å²) in [5, 5.41) is 8.55. The van der Waals surface area contributed by atoms with Crippen LogP contribution in [0.3, 0.4) is 0 Å². The maximum Gasteiger partial charge on any atom is 0.337 e. The first-order valence-corrected chi connectivity index (χ1v) is 29.7. The van der Waals surface area contributed by atoms with Crippen LogP contribution in [0.1, 0.15) is 93.1 Å². The zero-order valence-corrected chi connectivity index (χ0v) is 50.1. The number of aryl methyl sites for hydroxylation is 1. The highest BCUT2D eigenvalue weighted by atomic mass is 35.5.